The van der Waals surface area contributed by atoms with Crippen LogP contribution in [-0.2, 0) is 16.8 Å². The standard InChI is InChI=1S/C22H18FN7O/c1-11-3-5-13(15(23)9-11)10-30-20-14(6-4-12(2)24-20)16(29-30)18-25-19-17(27-28-18)22(7-8-22)21(31)26-19/h3-6,9H,7-8,10H2,1-2H3,(H,25,26,28,31). The summed E-state index contributed by atoms with van der Waals surface area (Å²) < 4.78 is 16.1. The van der Waals surface area contributed by atoms with E-state index >= 15 is 0 Å². The molecular formula is C22H18FN7O. The number of halogens is 1. The highest BCUT2D eigenvalue weighted by Gasteiger charge is 2.58. The van der Waals surface area contributed by atoms with Crippen LogP contribution < -0.4 is 5.32 Å². The Kier molecular flexibility index (Phi) is 3.57. The number of carbonyl (C=O) groups excluding carboxylic acids is 1. The highest BCUT2D eigenvalue weighted by atomic mass is 19.1. The molecular weight excluding hydrogens is 397 g/mol. The minimum atomic E-state index is -0.545. The first-order chi connectivity index (χ1) is 14.9. The van der Waals surface area contributed by atoms with Crippen LogP contribution in [0.3, 0.4) is 0 Å². The Balaban J connectivity index is 1.48. The third kappa shape index (κ3) is 2.66. The molecule has 1 saturated carbocycles. The second kappa shape index (κ2) is 6.13. The van der Waals surface area contributed by atoms with Crippen LogP contribution in [-0.4, -0.2) is 35.9 Å². The predicted molar refractivity (Wildman–Crippen MR) is 111 cm³/mol. The number of fused-ring (bicyclic) bond motifs is 3. The molecule has 0 saturated heterocycles. The lowest BCUT2D eigenvalue weighted by Crippen LogP contribution is -2.19. The lowest BCUT2D eigenvalue weighted by atomic mass is 10.1. The van der Waals surface area contributed by atoms with Gasteiger partial charge in [-0.05, 0) is 50.5 Å². The number of aryl methyl sites for hydroxylation is 2. The van der Waals surface area contributed by atoms with Crippen molar-refractivity contribution >= 4 is 22.8 Å². The molecule has 1 N–H and O–H groups in total. The van der Waals surface area contributed by atoms with Gasteiger partial charge in [0, 0.05) is 11.3 Å². The quantitative estimate of drug-likeness (QED) is 0.552. The number of amides is 1. The average molecular weight is 415 g/mol. The van der Waals surface area contributed by atoms with Gasteiger partial charge in [-0.3, -0.25) is 4.79 Å². The first-order valence-corrected chi connectivity index (χ1v) is 10.1. The first kappa shape index (κ1) is 18.1. The number of rotatable bonds is 3. The smallest absolute Gasteiger partial charge is 0.238 e. The normalized spacial score (nSPS) is 16.0. The molecule has 0 bridgehead atoms. The fourth-order valence-electron chi connectivity index (χ4n) is 4.12. The number of hydrogen-bond donors (Lipinski definition) is 1. The summed E-state index contributed by atoms with van der Waals surface area (Å²) in [4.78, 5) is 21.5. The van der Waals surface area contributed by atoms with Gasteiger partial charge in [0.1, 0.15) is 17.2 Å². The molecule has 0 radical (unpaired) electrons. The molecule has 154 valence electrons. The number of nitrogens with zero attached hydrogens (tertiary/aromatic N) is 6. The Bertz CT molecular complexity index is 1410. The molecule has 1 aliphatic heterocycles. The maximum absolute atomic E-state index is 14.5. The second-order valence-corrected chi connectivity index (χ2v) is 8.29. The molecule has 4 heterocycles. The van der Waals surface area contributed by atoms with E-state index in [0.29, 0.717) is 34.2 Å². The maximum Gasteiger partial charge on any atom is 0.238 e. The molecule has 4 aromatic rings. The lowest BCUT2D eigenvalue weighted by Gasteiger charge is -2.06. The molecule has 6 rings (SSSR count). The summed E-state index contributed by atoms with van der Waals surface area (Å²) in [5, 5.41) is 16.8. The van der Waals surface area contributed by atoms with E-state index in [1.54, 1.807) is 10.7 Å². The Morgan fingerprint density at radius 3 is 2.74 bits per heavy atom. The van der Waals surface area contributed by atoms with E-state index in [4.69, 9.17) is 0 Å². The van der Waals surface area contributed by atoms with Crippen molar-refractivity contribution < 1.29 is 9.18 Å². The van der Waals surface area contributed by atoms with Gasteiger partial charge in [0.25, 0.3) is 0 Å². The second-order valence-electron chi connectivity index (χ2n) is 8.29. The van der Waals surface area contributed by atoms with Crippen molar-refractivity contribution in [3.63, 3.8) is 0 Å². The highest BCUT2D eigenvalue weighted by Crippen LogP contribution is 2.53. The molecule has 1 spiro atoms. The zero-order valence-corrected chi connectivity index (χ0v) is 17.0. The Morgan fingerprint density at radius 2 is 1.97 bits per heavy atom. The highest BCUT2D eigenvalue weighted by molar-refractivity contribution is 6.06. The summed E-state index contributed by atoms with van der Waals surface area (Å²) in [6.07, 6.45) is 1.54. The summed E-state index contributed by atoms with van der Waals surface area (Å²) in [7, 11) is 0. The largest absolute Gasteiger partial charge is 0.308 e. The molecule has 1 fully saturated rings. The van der Waals surface area contributed by atoms with Crippen molar-refractivity contribution in [2.75, 3.05) is 5.32 Å². The van der Waals surface area contributed by atoms with Gasteiger partial charge in [-0.1, -0.05) is 12.1 Å². The monoisotopic (exact) mass is 415 g/mol. The predicted octanol–water partition coefficient (Wildman–Crippen LogP) is 3.07. The van der Waals surface area contributed by atoms with Gasteiger partial charge in [-0.2, -0.15) is 5.10 Å². The van der Waals surface area contributed by atoms with Crippen LogP contribution in [0.5, 0.6) is 0 Å². The fourth-order valence-corrected chi connectivity index (χ4v) is 4.12. The molecule has 0 unspecified atom stereocenters. The summed E-state index contributed by atoms with van der Waals surface area (Å²) in [5.41, 5.74) is 3.37. The van der Waals surface area contributed by atoms with Gasteiger partial charge in [0.2, 0.25) is 11.7 Å². The lowest BCUT2D eigenvalue weighted by molar-refractivity contribution is -0.117. The van der Waals surface area contributed by atoms with Crippen molar-refractivity contribution in [1.29, 1.82) is 0 Å². The molecule has 2 aliphatic rings. The zero-order chi connectivity index (χ0) is 21.3. The van der Waals surface area contributed by atoms with Crippen LogP contribution in [0.25, 0.3) is 22.6 Å². The van der Waals surface area contributed by atoms with Crippen molar-refractivity contribution in [2.24, 2.45) is 0 Å². The number of nitrogens with one attached hydrogen (secondary N) is 1. The average Bonchev–Trinajstić information content (AvgIpc) is 3.41. The number of benzene rings is 1. The molecule has 9 heteroatoms. The van der Waals surface area contributed by atoms with Crippen molar-refractivity contribution in [3.05, 3.63) is 58.7 Å². The summed E-state index contributed by atoms with van der Waals surface area (Å²) in [5.74, 6) is 0.394. The van der Waals surface area contributed by atoms with Crippen LogP contribution >= 0.6 is 0 Å². The van der Waals surface area contributed by atoms with Gasteiger partial charge in [-0.25, -0.2) is 19.0 Å². The Labute approximate surface area is 176 Å². The summed E-state index contributed by atoms with van der Waals surface area (Å²) in [6.45, 7) is 3.96. The van der Waals surface area contributed by atoms with Crippen molar-refractivity contribution in [2.45, 2.75) is 38.6 Å². The molecule has 1 amide bonds. The van der Waals surface area contributed by atoms with E-state index in [2.05, 4.69) is 30.6 Å². The van der Waals surface area contributed by atoms with E-state index in [9.17, 15) is 9.18 Å². The molecule has 0 atom stereocenters. The zero-order valence-electron chi connectivity index (χ0n) is 17.0. The van der Waals surface area contributed by atoms with Gasteiger partial charge in [-0.15, -0.1) is 10.2 Å². The molecule has 8 nitrogen and oxygen atoms in total. The number of aromatic nitrogens is 6. The first-order valence-electron chi connectivity index (χ1n) is 10.1. The van der Waals surface area contributed by atoms with Crippen LogP contribution in [0.4, 0.5) is 10.2 Å². The van der Waals surface area contributed by atoms with Crippen LogP contribution in [0.1, 0.15) is 35.4 Å². The van der Waals surface area contributed by atoms with Crippen molar-refractivity contribution in [3.8, 4) is 11.5 Å². The number of anilines is 1. The number of hydrogen-bond acceptors (Lipinski definition) is 6. The minimum absolute atomic E-state index is 0.0658. The van der Waals surface area contributed by atoms with Crippen LogP contribution in [0.15, 0.2) is 30.3 Å². The minimum Gasteiger partial charge on any atom is -0.308 e. The molecule has 3 aromatic heterocycles. The van der Waals surface area contributed by atoms with Gasteiger partial charge < -0.3 is 5.32 Å². The van der Waals surface area contributed by atoms with E-state index in [1.807, 2.05) is 32.0 Å². The maximum atomic E-state index is 14.5. The summed E-state index contributed by atoms with van der Waals surface area (Å²) >= 11 is 0. The Morgan fingerprint density at radius 1 is 1.13 bits per heavy atom. The SMILES string of the molecule is Cc1ccc(Cn2nc(-c3nnc4c(n3)NC(=O)C43CC3)c3ccc(C)nc32)c(F)c1. The molecule has 1 aliphatic carbocycles. The van der Waals surface area contributed by atoms with Gasteiger partial charge in [0.15, 0.2) is 11.5 Å². The van der Waals surface area contributed by atoms with Gasteiger partial charge in [0.05, 0.1) is 17.3 Å². The van der Waals surface area contributed by atoms with Crippen LogP contribution in [0.2, 0.25) is 0 Å². The Hall–Kier alpha value is -3.75. The van der Waals surface area contributed by atoms with E-state index in [0.717, 1.165) is 29.5 Å². The van der Waals surface area contributed by atoms with E-state index in [1.165, 1.54) is 6.07 Å². The molecule has 1 aromatic carbocycles. The van der Waals surface area contributed by atoms with E-state index in [-0.39, 0.29) is 18.3 Å². The third-order valence-corrected chi connectivity index (χ3v) is 6.03. The third-order valence-electron chi connectivity index (χ3n) is 6.03. The van der Waals surface area contributed by atoms with Gasteiger partial charge >= 0.3 is 0 Å². The van der Waals surface area contributed by atoms with Crippen molar-refractivity contribution in [1.82, 2.24) is 29.9 Å². The fraction of sp³-hybridized carbons (Fsp3) is 0.273. The topological polar surface area (TPSA) is 98.5 Å². The summed E-state index contributed by atoms with van der Waals surface area (Å²) in [6, 6.07) is 8.91. The number of carbonyl (C=O) groups is 1. The van der Waals surface area contributed by atoms with Crippen LogP contribution in [0, 0.1) is 19.7 Å². The number of pyridine rings is 1. The molecule has 31 heavy (non-hydrogen) atoms. The van der Waals surface area contributed by atoms with E-state index < -0.39 is 5.41 Å².